The summed E-state index contributed by atoms with van der Waals surface area (Å²) in [5.74, 6) is -0.673. The maximum absolute atomic E-state index is 13.0. The lowest BCUT2D eigenvalue weighted by Crippen LogP contribution is -2.13. The molecule has 0 aliphatic rings. The van der Waals surface area contributed by atoms with Gasteiger partial charge in [-0.25, -0.2) is 0 Å². The Morgan fingerprint density at radius 3 is 1.74 bits per heavy atom. The molecular formula is C30H23N3O5S. The first-order valence-electron chi connectivity index (χ1n) is 11.9. The molecule has 0 unspecified atom stereocenters. The van der Waals surface area contributed by atoms with Crippen LogP contribution >= 0.6 is 0 Å². The van der Waals surface area contributed by atoms with Gasteiger partial charge in [0.1, 0.15) is 4.90 Å². The fraction of sp³-hybridized carbons (Fsp3) is 0. The molecule has 0 fully saturated rings. The summed E-state index contributed by atoms with van der Waals surface area (Å²) in [6.07, 6.45) is 0. The summed E-state index contributed by atoms with van der Waals surface area (Å²) in [5.41, 5.74) is 9.78. The maximum Gasteiger partial charge on any atom is 0.295 e. The number of hydrogen-bond acceptors (Lipinski definition) is 5. The molecule has 5 aromatic carbocycles. The number of fused-ring (bicyclic) bond motifs is 1. The molecule has 8 nitrogen and oxygen atoms in total. The van der Waals surface area contributed by atoms with Crippen LogP contribution in [0.15, 0.2) is 114 Å². The van der Waals surface area contributed by atoms with Crippen molar-refractivity contribution < 1.29 is 22.6 Å². The van der Waals surface area contributed by atoms with Crippen LogP contribution in [0.3, 0.4) is 0 Å². The van der Waals surface area contributed by atoms with Gasteiger partial charge in [-0.15, -0.1) is 0 Å². The number of carbonyl (C=O) groups is 2. The number of nitrogens with two attached hydrogens (primary N) is 1. The smallest absolute Gasteiger partial charge is 0.295 e. The van der Waals surface area contributed by atoms with Crippen molar-refractivity contribution in [2.45, 2.75) is 4.90 Å². The molecule has 5 N–H and O–H groups in total. The predicted molar refractivity (Wildman–Crippen MR) is 152 cm³/mol. The van der Waals surface area contributed by atoms with E-state index in [1.807, 2.05) is 12.1 Å². The average Bonchev–Trinajstić information content (AvgIpc) is 2.93. The van der Waals surface area contributed by atoms with Crippen molar-refractivity contribution >= 4 is 49.8 Å². The lowest BCUT2D eigenvalue weighted by Gasteiger charge is -2.12. The van der Waals surface area contributed by atoms with Crippen LogP contribution in [0.4, 0.5) is 17.1 Å². The van der Waals surface area contributed by atoms with E-state index < -0.39 is 16.0 Å². The number of carbonyl (C=O) groups excluding carboxylic acids is 2. The maximum atomic E-state index is 13.0. The Morgan fingerprint density at radius 1 is 0.641 bits per heavy atom. The first kappa shape index (κ1) is 25.7. The molecule has 194 valence electrons. The van der Waals surface area contributed by atoms with Crippen LogP contribution in [-0.4, -0.2) is 24.8 Å². The molecule has 0 bridgehead atoms. The first-order chi connectivity index (χ1) is 18.7. The molecule has 9 heteroatoms. The Labute approximate surface area is 224 Å². The van der Waals surface area contributed by atoms with Gasteiger partial charge >= 0.3 is 0 Å². The predicted octanol–water partition coefficient (Wildman–Crippen LogP) is 5.84. The molecule has 0 saturated carbocycles. The lowest BCUT2D eigenvalue weighted by molar-refractivity contribution is 0.101. The van der Waals surface area contributed by atoms with Gasteiger partial charge in [-0.3, -0.25) is 14.1 Å². The van der Waals surface area contributed by atoms with Crippen LogP contribution in [0, 0.1) is 0 Å². The van der Waals surface area contributed by atoms with E-state index >= 15 is 0 Å². The third kappa shape index (κ3) is 5.64. The van der Waals surface area contributed by atoms with Crippen LogP contribution in [0.2, 0.25) is 0 Å². The fourth-order valence-corrected chi connectivity index (χ4v) is 4.95. The van der Waals surface area contributed by atoms with Crippen molar-refractivity contribution in [3.63, 3.8) is 0 Å². The highest BCUT2D eigenvalue weighted by Crippen LogP contribution is 2.30. The minimum atomic E-state index is -4.49. The summed E-state index contributed by atoms with van der Waals surface area (Å²) in [6.45, 7) is 0. The van der Waals surface area contributed by atoms with Crippen molar-refractivity contribution in [1.82, 2.24) is 0 Å². The lowest BCUT2D eigenvalue weighted by atomic mass is 10.0. The molecule has 0 radical (unpaired) electrons. The third-order valence-electron chi connectivity index (χ3n) is 6.19. The molecular weight excluding hydrogens is 514 g/mol. The fourth-order valence-electron chi connectivity index (χ4n) is 4.22. The van der Waals surface area contributed by atoms with Gasteiger partial charge in [0.05, 0.1) is 5.69 Å². The molecule has 0 spiro atoms. The quantitative estimate of drug-likeness (QED) is 0.159. The Bertz CT molecular complexity index is 1790. The number of nitrogen functional groups attached to an aromatic ring is 1. The number of hydrogen-bond donors (Lipinski definition) is 4. The Hall–Kier alpha value is -4.99. The number of anilines is 3. The van der Waals surface area contributed by atoms with Gasteiger partial charge in [0, 0.05) is 27.9 Å². The Morgan fingerprint density at radius 2 is 1.15 bits per heavy atom. The van der Waals surface area contributed by atoms with Crippen LogP contribution < -0.4 is 16.4 Å². The number of benzene rings is 5. The summed E-state index contributed by atoms with van der Waals surface area (Å²) < 4.78 is 33.4. The highest BCUT2D eigenvalue weighted by molar-refractivity contribution is 7.86. The topological polar surface area (TPSA) is 139 Å². The van der Waals surface area contributed by atoms with Crippen LogP contribution in [-0.2, 0) is 10.1 Å². The van der Waals surface area contributed by atoms with Gasteiger partial charge in [-0.05, 0) is 77.2 Å². The molecule has 0 atom stereocenters. The van der Waals surface area contributed by atoms with Gasteiger partial charge in [0.2, 0.25) is 0 Å². The number of nitrogens with one attached hydrogen (secondary N) is 2. The summed E-state index contributed by atoms with van der Waals surface area (Å²) in [6, 6.07) is 30.3. The average molecular weight is 538 g/mol. The largest absolute Gasteiger partial charge is 0.399 e. The Kier molecular flexibility index (Phi) is 6.84. The monoisotopic (exact) mass is 537 g/mol. The van der Waals surface area contributed by atoms with Crippen LogP contribution in [0.1, 0.15) is 20.7 Å². The molecule has 0 aliphatic carbocycles. The summed E-state index contributed by atoms with van der Waals surface area (Å²) in [5, 5.41) is 6.39. The van der Waals surface area contributed by atoms with E-state index in [0.717, 1.165) is 11.1 Å². The highest BCUT2D eigenvalue weighted by atomic mass is 32.2. The molecule has 2 amide bonds. The van der Waals surface area contributed by atoms with E-state index in [0.29, 0.717) is 27.9 Å². The molecule has 0 heterocycles. The van der Waals surface area contributed by atoms with Gasteiger partial charge in [-0.2, -0.15) is 8.42 Å². The van der Waals surface area contributed by atoms with E-state index in [-0.39, 0.29) is 21.9 Å². The molecule has 0 aromatic heterocycles. The molecule has 0 aliphatic heterocycles. The van der Waals surface area contributed by atoms with Gasteiger partial charge in [0.25, 0.3) is 21.9 Å². The number of amides is 2. The van der Waals surface area contributed by atoms with E-state index in [1.54, 1.807) is 84.9 Å². The van der Waals surface area contributed by atoms with Crippen molar-refractivity contribution in [3.8, 4) is 11.1 Å². The van der Waals surface area contributed by atoms with Crippen molar-refractivity contribution in [2.24, 2.45) is 0 Å². The normalized spacial score (nSPS) is 11.2. The molecule has 39 heavy (non-hydrogen) atoms. The summed E-state index contributed by atoms with van der Waals surface area (Å²) in [4.78, 5) is 25.1. The molecule has 0 saturated heterocycles. The van der Waals surface area contributed by atoms with Crippen molar-refractivity contribution in [2.75, 3.05) is 16.4 Å². The third-order valence-corrected chi connectivity index (χ3v) is 7.08. The summed E-state index contributed by atoms with van der Waals surface area (Å²) in [7, 11) is -4.49. The van der Waals surface area contributed by atoms with Crippen molar-refractivity contribution in [1.29, 1.82) is 0 Å². The minimum Gasteiger partial charge on any atom is -0.399 e. The standard InChI is InChI=1S/C30H23N3O5S/c31-24-15-11-23(12-16-24)29(34)32-25-17-13-20(14-18-25)19-7-9-22(10-8-19)30(35)33-26-5-1-3-21-4-2-6-27(28(21)26)39(36,37)38/h1-18H,31H2,(H,32,34)(H,33,35)(H,36,37,38). The zero-order valence-electron chi connectivity index (χ0n) is 20.5. The zero-order valence-corrected chi connectivity index (χ0v) is 21.3. The van der Waals surface area contributed by atoms with Gasteiger partial charge in [0.15, 0.2) is 0 Å². The van der Waals surface area contributed by atoms with Crippen LogP contribution in [0.25, 0.3) is 21.9 Å². The van der Waals surface area contributed by atoms with Crippen molar-refractivity contribution in [3.05, 3.63) is 120 Å². The van der Waals surface area contributed by atoms with E-state index in [9.17, 15) is 22.6 Å². The van der Waals surface area contributed by atoms with E-state index in [1.165, 1.54) is 12.1 Å². The SMILES string of the molecule is Nc1ccc(C(=O)Nc2ccc(-c3ccc(C(=O)Nc4cccc5cccc(S(=O)(=O)O)c45)cc3)cc2)cc1. The van der Waals surface area contributed by atoms with Gasteiger partial charge < -0.3 is 16.4 Å². The van der Waals surface area contributed by atoms with Crippen LogP contribution in [0.5, 0.6) is 0 Å². The molecule has 5 aromatic rings. The summed E-state index contributed by atoms with van der Waals surface area (Å²) >= 11 is 0. The highest BCUT2D eigenvalue weighted by Gasteiger charge is 2.18. The second-order valence-electron chi connectivity index (χ2n) is 8.82. The number of rotatable bonds is 6. The first-order valence-corrected chi connectivity index (χ1v) is 13.3. The zero-order chi connectivity index (χ0) is 27.6. The van der Waals surface area contributed by atoms with E-state index in [2.05, 4.69) is 10.6 Å². The van der Waals surface area contributed by atoms with E-state index in [4.69, 9.17) is 5.73 Å². The second-order valence-corrected chi connectivity index (χ2v) is 10.2. The second kappa shape index (κ2) is 10.4. The minimum absolute atomic E-state index is 0.232. The molecule has 5 rings (SSSR count). The Balaban J connectivity index is 1.31. The van der Waals surface area contributed by atoms with Gasteiger partial charge in [-0.1, -0.05) is 48.5 Å².